The Morgan fingerprint density at radius 2 is 1.61 bits per heavy atom. The van der Waals surface area contributed by atoms with Gasteiger partial charge in [0.25, 0.3) is 0 Å². The maximum atomic E-state index is 12.3. The van der Waals surface area contributed by atoms with Crippen molar-refractivity contribution in [1.29, 1.82) is 0 Å². The SMILES string of the molecule is COc1ccc(CCNC(=O)CSc2nnc(-c3ccc(OC)cc3)n2C(C)C)cc1. The van der Waals surface area contributed by atoms with Crippen LogP contribution >= 0.6 is 11.8 Å². The molecule has 3 rings (SSSR count). The molecule has 0 saturated carbocycles. The number of methoxy groups -OCH3 is 2. The van der Waals surface area contributed by atoms with Gasteiger partial charge < -0.3 is 14.8 Å². The molecule has 0 unspecified atom stereocenters. The molecule has 0 aliphatic heterocycles. The van der Waals surface area contributed by atoms with Crippen LogP contribution in [0.1, 0.15) is 25.5 Å². The molecule has 1 heterocycles. The lowest BCUT2D eigenvalue weighted by Crippen LogP contribution is -2.27. The van der Waals surface area contributed by atoms with Crippen LogP contribution in [-0.4, -0.2) is 47.2 Å². The molecule has 2 aromatic carbocycles. The van der Waals surface area contributed by atoms with Crippen LogP contribution in [0.4, 0.5) is 0 Å². The summed E-state index contributed by atoms with van der Waals surface area (Å²) in [5.41, 5.74) is 2.11. The van der Waals surface area contributed by atoms with Gasteiger partial charge in [-0.25, -0.2) is 0 Å². The van der Waals surface area contributed by atoms with Gasteiger partial charge in [0.1, 0.15) is 11.5 Å². The highest BCUT2D eigenvalue weighted by Crippen LogP contribution is 2.28. The molecule has 31 heavy (non-hydrogen) atoms. The van der Waals surface area contributed by atoms with Gasteiger partial charge in [-0.3, -0.25) is 9.36 Å². The minimum atomic E-state index is -0.0252. The standard InChI is InChI=1S/C23H28N4O3S/c1-16(2)27-22(18-7-11-20(30-4)12-8-18)25-26-23(27)31-15-21(28)24-14-13-17-5-9-19(29-3)10-6-17/h5-12,16H,13-15H2,1-4H3,(H,24,28). The molecule has 0 bridgehead atoms. The molecule has 0 aliphatic rings. The Bertz CT molecular complexity index is 985. The minimum Gasteiger partial charge on any atom is -0.497 e. The van der Waals surface area contributed by atoms with E-state index < -0.39 is 0 Å². The van der Waals surface area contributed by atoms with Gasteiger partial charge in [0.15, 0.2) is 11.0 Å². The monoisotopic (exact) mass is 440 g/mol. The van der Waals surface area contributed by atoms with Crippen molar-refractivity contribution in [2.24, 2.45) is 0 Å². The van der Waals surface area contributed by atoms with Crippen molar-refractivity contribution in [1.82, 2.24) is 20.1 Å². The summed E-state index contributed by atoms with van der Waals surface area (Å²) in [5, 5.41) is 12.4. The Labute approximate surface area is 187 Å². The number of hydrogen-bond donors (Lipinski definition) is 1. The first-order valence-electron chi connectivity index (χ1n) is 10.1. The van der Waals surface area contributed by atoms with E-state index in [0.717, 1.165) is 40.0 Å². The molecule has 0 saturated heterocycles. The molecular formula is C23H28N4O3S. The number of amides is 1. The average Bonchev–Trinajstić information content (AvgIpc) is 3.22. The van der Waals surface area contributed by atoms with Crippen LogP contribution in [0.5, 0.6) is 11.5 Å². The number of benzene rings is 2. The number of nitrogens with zero attached hydrogens (tertiary/aromatic N) is 3. The molecule has 8 heteroatoms. The summed E-state index contributed by atoms with van der Waals surface area (Å²) < 4.78 is 12.4. The Balaban J connectivity index is 1.56. The summed E-state index contributed by atoms with van der Waals surface area (Å²) in [6, 6.07) is 15.7. The van der Waals surface area contributed by atoms with Crippen LogP contribution in [0.25, 0.3) is 11.4 Å². The molecule has 164 valence electrons. The Morgan fingerprint density at radius 1 is 1.00 bits per heavy atom. The van der Waals surface area contributed by atoms with Crippen LogP contribution in [0, 0.1) is 0 Å². The van der Waals surface area contributed by atoms with Crippen molar-refractivity contribution in [2.75, 3.05) is 26.5 Å². The molecule has 3 aromatic rings. The van der Waals surface area contributed by atoms with Gasteiger partial charge in [-0.2, -0.15) is 0 Å². The molecule has 1 N–H and O–H groups in total. The van der Waals surface area contributed by atoms with Gasteiger partial charge in [-0.05, 0) is 62.2 Å². The second-order valence-corrected chi connectivity index (χ2v) is 8.18. The van der Waals surface area contributed by atoms with E-state index in [1.807, 2.05) is 48.5 Å². The number of thioether (sulfide) groups is 1. The van der Waals surface area contributed by atoms with Crippen LogP contribution in [-0.2, 0) is 11.2 Å². The number of aromatic nitrogens is 3. The first-order valence-corrected chi connectivity index (χ1v) is 11.1. The molecule has 0 fully saturated rings. The number of ether oxygens (including phenoxy) is 2. The first-order chi connectivity index (χ1) is 15.0. The third-order valence-electron chi connectivity index (χ3n) is 4.76. The average molecular weight is 441 g/mol. The molecule has 1 aromatic heterocycles. The molecule has 0 spiro atoms. The van der Waals surface area contributed by atoms with E-state index in [9.17, 15) is 4.79 Å². The number of carbonyl (C=O) groups is 1. The second kappa shape index (κ2) is 10.9. The smallest absolute Gasteiger partial charge is 0.230 e. The Hall–Kier alpha value is -3.00. The van der Waals surface area contributed by atoms with Crippen molar-refractivity contribution in [2.45, 2.75) is 31.5 Å². The summed E-state index contributed by atoms with van der Waals surface area (Å²) in [4.78, 5) is 12.3. The number of nitrogens with one attached hydrogen (secondary N) is 1. The van der Waals surface area contributed by atoms with E-state index in [0.29, 0.717) is 6.54 Å². The highest BCUT2D eigenvalue weighted by atomic mass is 32.2. The first kappa shape index (κ1) is 22.7. The quantitative estimate of drug-likeness (QED) is 0.480. The van der Waals surface area contributed by atoms with Gasteiger partial charge in [0.2, 0.25) is 5.91 Å². The predicted molar refractivity (Wildman–Crippen MR) is 123 cm³/mol. The maximum absolute atomic E-state index is 12.3. The Morgan fingerprint density at radius 3 is 2.19 bits per heavy atom. The topological polar surface area (TPSA) is 78.3 Å². The van der Waals surface area contributed by atoms with Gasteiger partial charge in [0.05, 0.1) is 20.0 Å². The highest BCUT2D eigenvalue weighted by Gasteiger charge is 2.18. The number of rotatable bonds is 10. The zero-order valence-corrected chi connectivity index (χ0v) is 19.1. The molecule has 0 radical (unpaired) electrons. The lowest BCUT2D eigenvalue weighted by molar-refractivity contribution is -0.118. The zero-order chi connectivity index (χ0) is 22.2. The second-order valence-electron chi connectivity index (χ2n) is 7.24. The van der Waals surface area contributed by atoms with Crippen LogP contribution in [0.2, 0.25) is 0 Å². The van der Waals surface area contributed by atoms with Crippen molar-refractivity contribution in [3.63, 3.8) is 0 Å². The van der Waals surface area contributed by atoms with E-state index in [4.69, 9.17) is 9.47 Å². The summed E-state index contributed by atoms with van der Waals surface area (Å²) >= 11 is 1.39. The van der Waals surface area contributed by atoms with Crippen molar-refractivity contribution < 1.29 is 14.3 Å². The number of hydrogen-bond acceptors (Lipinski definition) is 6. The summed E-state index contributed by atoms with van der Waals surface area (Å²) in [6.07, 6.45) is 0.768. The fraction of sp³-hybridized carbons (Fsp3) is 0.348. The van der Waals surface area contributed by atoms with E-state index in [-0.39, 0.29) is 17.7 Å². The van der Waals surface area contributed by atoms with Gasteiger partial charge in [-0.1, -0.05) is 23.9 Å². The lowest BCUT2D eigenvalue weighted by atomic mass is 10.1. The van der Waals surface area contributed by atoms with Gasteiger partial charge in [0, 0.05) is 18.2 Å². The zero-order valence-electron chi connectivity index (χ0n) is 18.3. The predicted octanol–water partition coefficient (Wildman–Crippen LogP) is 3.99. The van der Waals surface area contributed by atoms with Crippen LogP contribution < -0.4 is 14.8 Å². The van der Waals surface area contributed by atoms with E-state index >= 15 is 0 Å². The van der Waals surface area contributed by atoms with E-state index in [1.54, 1.807) is 14.2 Å². The molecule has 0 atom stereocenters. The lowest BCUT2D eigenvalue weighted by Gasteiger charge is -2.14. The van der Waals surface area contributed by atoms with Crippen molar-refractivity contribution >= 4 is 17.7 Å². The highest BCUT2D eigenvalue weighted by molar-refractivity contribution is 7.99. The summed E-state index contributed by atoms with van der Waals surface area (Å²) in [7, 11) is 3.29. The minimum absolute atomic E-state index is 0.0252. The van der Waals surface area contributed by atoms with E-state index in [2.05, 4.69) is 33.9 Å². The van der Waals surface area contributed by atoms with Crippen molar-refractivity contribution in [3.8, 4) is 22.9 Å². The largest absolute Gasteiger partial charge is 0.497 e. The third-order valence-corrected chi connectivity index (χ3v) is 5.70. The van der Waals surface area contributed by atoms with Crippen LogP contribution in [0.15, 0.2) is 53.7 Å². The van der Waals surface area contributed by atoms with Gasteiger partial charge >= 0.3 is 0 Å². The van der Waals surface area contributed by atoms with Crippen molar-refractivity contribution in [3.05, 3.63) is 54.1 Å². The molecular weight excluding hydrogens is 412 g/mol. The molecule has 0 aliphatic carbocycles. The van der Waals surface area contributed by atoms with E-state index in [1.165, 1.54) is 11.8 Å². The van der Waals surface area contributed by atoms with Gasteiger partial charge in [-0.15, -0.1) is 10.2 Å². The maximum Gasteiger partial charge on any atom is 0.230 e. The molecule has 1 amide bonds. The summed E-state index contributed by atoms with van der Waals surface area (Å²) in [6.45, 7) is 4.74. The molecule has 7 nitrogen and oxygen atoms in total. The third kappa shape index (κ3) is 6.01. The fourth-order valence-electron chi connectivity index (χ4n) is 3.10. The summed E-state index contributed by atoms with van der Waals surface area (Å²) in [5.74, 6) is 2.66. The number of carbonyl (C=O) groups excluding carboxylic acids is 1. The fourth-order valence-corrected chi connectivity index (χ4v) is 3.99. The normalized spacial score (nSPS) is 10.9. The Kier molecular flexibility index (Phi) is 7.94. The van der Waals surface area contributed by atoms with Crippen LogP contribution in [0.3, 0.4) is 0 Å².